The lowest BCUT2D eigenvalue weighted by Crippen LogP contribution is -2.61. The van der Waals surface area contributed by atoms with Gasteiger partial charge in [-0.15, -0.1) is 0 Å². The molecule has 4 aliphatic rings. The lowest BCUT2D eigenvalue weighted by molar-refractivity contribution is -0.321. The second-order valence-corrected chi connectivity index (χ2v) is 6.00. The Morgan fingerprint density at radius 3 is 2.25 bits per heavy atom. The highest BCUT2D eigenvalue weighted by atomic mass is 19.3. The summed E-state index contributed by atoms with van der Waals surface area (Å²) in [6.07, 6.45) is 2.55. The quantitative estimate of drug-likeness (QED) is 0.721. The maximum atomic E-state index is 14.2. The standard InChI is InChI=1S/C12H16F2O2/c13-12(14)9-2-7-1-8(3-9)5-11(12,4-7)6-10(15)16/h7-9H,1-6H2,(H,15,16)/p-1/t7-,8+,9?,11?. The van der Waals surface area contributed by atoms with E-state index in [1.54, 1.807) is 0 Å². The Hall–Kier alpha value is -0.670. The van der Waals surface area contributed by atoms with E-state index in [2.05, 4.69) is 0 Å². The molecule has 4 heteroatoms. The van der Waals surface area contributed by atoms with E-state index < -0.39 is 29.6 Å². The van der Waals surface area contributed by atoms with Gasteiger partial charge in [0.15, 0.2) is 0 Å². The highest BCUT2D eigenvalue weighted by Gasteiger charge is 2.67. The first-order valence-corrected chi connectivity index (χ1v) is 6.01. The fraction of sp³-hybridized carbons (Fsp3) is 0.917. The van der Waals surface area contributed by atoms with Crippen molar-refractivity contribution in [2.45, 2.75) is 44.4 Å². The number of aliphatic carboxylic acids is 1. The van der Waals surface area contributed by atoms with E-state index in [9.17, 15) is 18.7 Å². The predicted molar refractivity (Wildman–Crippen MR) is 50.6 cm³/mol. The first-order chi connectivity index (χ1) is 7.43. The van der Waals surface area contributed by atoms with E-state index in [1.165, 1.54) is 0 Å². The van der Waals surface area contributed by atoms with Crippen LogP contribution in [-0.2, 0) is 4.79 Å². The zero-order valence-corrected chi connectivity index (χ0v) is 9.05. The van der Waals surface area contributed by atoms with Crippen LogP contribution in [0.3, 0.4) is 0 Å². The minimum atomic E-state index is -2.79. The summed E-state index contributed by atoms with van der Waals surface area (Å²) in [5.41, 5.74) is -1.28. The predicted octanol–water partition coefficient (Wildman–Crippen LogP) is 1.59. The minimum absolute atomic E-state index is 0.330. The summed E-state index contributed by atoms with van der Waals surface area (Å²) in [4.78, 5) is 10.7. The maximum absolute atomic E-state index is 14.2. The van der Waals surface area contributed by atoms with Crippen molar-refractivity contribution in [3.63, 3.8) is 0 Å². The maximum Gasteiger partial charge on any atom is 0.256 e. The number of rotatable bonds is 2. The van der Waals surface area contributed by atoms with Crippen molar-refractivity contribution in [3.05, 3.63) is 0 Å². The molecule has 0 saturated heterocycles. The van der Waals surface area contributed by atoms with Gasteiger partial charge >= 0.3 is 0 Å². The van der Waals surface area contributed by atoms with Crippen LogP contribution < -0.4 is 5.11 Å². The molecule has 0 aliphatic heterocycles. The number of alkyl halides is 2. The Labute approximate surface area is 93.0 Å². The Kier molecular flexibility index (Phi) is 1.94. The third-order valence-electron chi connectivity index (χ3n) is 4.96. The van der Waals surface area contributed by atoms with E-state index in [1.807, 2.05) is 0 Å². The normalized spacial score (nSPS) is 48.2. The van der Waals surface area contributed by atoms with Crippen LogP contribution in [0.5, 0.6) is 0 Å². The van der Waals surface area contributed by atoms with Gasteiger partial charge in [0.25, 0.3) is 5.92 Å². The molecular formula is C12H15F2O2-. The fourth-order valence-corrected chi connectivity index (χ4v) is 4.63. The lowest BCUT2D eigenvalue weighted by Gasteiger charge is -2.61. The van der Waals surface area contributed by atoms with Gasteiger partial charge in [0.05, 0.1) is 0 Å². The Morgan fingerprint density at radius 2 is 1.75 bits per heavy atom. The molecule has 4 saturated carbocycles. The number of carbonyl (C=O) groups excluding carboxylic acids is 1. The average molecular weight is 229 g/mol. The molecule has 0 aromatic rings. The monoisotopic (exact) mass is 229 g/mol. The summed E-state index contributed by atoms with van der Waals surface area (Å²) in [6.45, 7) is 0. The van der Waals surface area contributed by atoms with Crippen LogP contribution in [0.15, 0.2) is 0 Å². The summed E-state index contributed by atoms with van der Waals surface area (Å²) in [5.74, 6) is -4.02. The second-order valence-electron chi connectivity index (χ2n) is 6.00. The van der Waals surface area contributed by atoms with E-state index >= 15 is 0 Å². The number of hydrogen-bond acceptors (Lipinski definition) is 2. The zero-order valence-electron chi connectivity index (χ0n) is 9.05. The molecule has 16 heavy (non-hydrogen) atoms. The van der Waals surface area contributed by atoms with Crippen molar-refractivity contribution in [3.8, 4) is 0 Å². The molecule has 4 rings (SSSR count). The Morgan fingerprint density at radius 1 is 1.19 bits per heavy atom. The van der Waals surface area contributed by atoms with Crippen LogP contribution in [0.25, 0.3) is 0 Å². The SMILES string of the molecule is O=C([O-])CC12C[C@@H]3CC(C[C@@H](C3)C1)C2(F)F. The number of halogens is 2. The molecule has 0 aromatic heterocycles. The number of carbonyl (C=O) groups is 1. The highest BCUT2D eigenvalue weighted by molar-refractivity contribution is 5.65. The van der Waals surface area contributed by atoms with Crippen molar-refractivity contribution in [2.75, 3.05) is 0 Å². The summed E-state index contributed by atoms with van der Waals surface area (Å²) in [5, 5.41) is 10.7. The van der Waals surface area contributed by atoms with Gasteiger partial charge in [-0.3, -0.25) is 0 Å². The van der Waals surface area contributed by atoms with E-state index in [-0.39, 0.29) is 0 Å². The largest absolute Gasteiger partial charge is 0.550 e. The smallest absolute Gasteiger partial charge is 0.256 e. The van der Waals surface area contributed by atoms with Crippen LogP contribution in [0, 0.1) is 23.2 Å². The van der Waals surface area contributed by atoms with Gasteiger partial charge in [-0.2, -0.15) is 0 Å². The topological polar surface area (TPSA) is 40.1 Å². The van der Waals surface area contributed by atoms with Crippen LogP contribution in [-0.4, -0.2) is 11.9 Å². The van der Waals surface area contributed by atoms with Crippen molar-refractivity contribution in [1.29, 1.82) is 0 Å². The van der Waals surface area contributed by atoms with Crippen LogP contribution in [0.2, 0.25) is 0 Å². The molecule has 0 aromatic carbocycles. The van der Waals surface area contributed by atoms with Crippen molar-refractivity contribution in [2.24, 2.45) is 23.2 Å². The van der Waals surface area contributed by atoms with Crippen molar-refractivity contribution in [1.82, 2.24) is 0 Å². The Bertz CT molecular complexity index is 326. The van der Waals surface area contributed by atoms with E-state index in [0.717, 1.165) is 6.42 Å². The molecule has 90 valence electrons. The Balaban J connectivity index is 1.98. The van der Waals surface area contributed by atoms with Gasteiger partial charge in [0.2, 0.25) is 0 Å². The summed E-state index contributed by atoms with van der Waals surface area (Å²) in [6, 6.07) is 0. The molecule has 2 unspecified atom stereocenters. The van der Waals surface area contributed by atoms with Crippen LogP contribution in [0.1, 0.15) is 38.5 Å². The first kappa shape index (κ1) is 10.5. The van der Waals surface area contributed by atoms with Gasteiger partial charge in [0.1, 0.15) is 0 Å². The third kappa shape index (κ3) is 1.19. The molecular weight excluding hydrogens is 214 g/mol. The van der Waals surface area contributed by atoms with Gasteiger partial charge < -0.3 is 9.90 Å². The molecule has 0 heterocycles. The summed E-state index contributed by atoms with van der Waals surface area (Å²) in [7, 11) is 0. The van der Waals surface area contributed by atoms with Gasteiger partial charge in [-0.25, -0.2) is 8.78 Å². The number of hydrogen-bond donors (Lipinski definition) is 0. The van der Waals surface area contributed by atoms with Crippen molar-refractivity contribution >= 4 is 5.97 Å². The van der Waals surface area contributed by atoms with Gasteiger partial charge in [-0.05, 0) is 50.4 Å². The first-order valence-electron chi connectivity index (χ1n) is 6.01. The van der Waals surface area contributed by atoms with Gasteiger partial charge in [0, 0.05) is 17.3 Å². The molecule has 4 aliphatic carbocycles. The van der Waals surface area contributed by atoms with E-state index in [4.69, 9.17) is 0 Å². The van der Waals surface area contributed by atoms with Gasteiger partial charge in [-0.1, -0.05) is 0 Å². The second kappa shape index (κ2) is 2.96. The molecule has 0 spiro atoms. The molecule has 2 nitrogen and oxygen atoms in total. The molecule has 4 bridgehead atoms. The molecule has 0 amide bonds. The number of carboxylic acid groups (broad SMARTS) is 1. The zero-order chi connectivity index (χ0) is 11.6. The minimum Gasteiger partial charge on any atom is -0.550 e. The molecule has 0 radical (unpaired) electrons. The number of carboxylic acids is 1. The van der Waals surface area contributed by atoms with Crippen LogP contribution in [0.4, 0.5) is 8.78 Å². The van der Waals surface area contributed by atoms with Crippen LogP contribution >= 0.6 is 0 Å². The molecule has 4 fully saturated rings. The average Bonchev–Trinajstić information content (AvgIpc) is 2.12. The highest BCUT2D eigenvalue weighted by Crippen LogP contribution is 2.67. The summed E-state index contributed by atoms with van der Waals surface area (Å²) >= 11 is 0. The third-order valence-corrected chi connectivity index (χ3v) is 4.96. The fourth-order valence-electron chi connectivity index (χ4n) is 4.63. The van der Waals surface area contributed by atoms with E-state index in [0.29, 0.717) is 37.5 Å². The molecule has 4 atom stereocenters. The summed E-state index contributed by atoms with van der Waals surface area (Å²) < 4.78 is 28.5. The van der Waals surface area contributed by atoms with Crippen molar-refractivity contribution < 1.29 is 18.7 Å². The lowest BCUT2D eigenvalue weighted by atomic mass is 9.47. The molecule has 0 N–H and O–H groups in total.